The molecule has 1 atom stereocenters. The summed E-state index contributed by atoms with van der Waals surface area (Å²) in [4.78, 5) is 13.9. The van der Waals surface area contributed by atoms with Crippen molar-refractivity contribution < 1.29 is 4.79 Å². The normalized spacial score (nSPS) is 23.8. The van der Waals surface area contributed by atoms with Gasteiger partial charge in [-0.15, -0.1) is 11.8 Å². The van der Waals surface area contributed by atoms with Gasteiger partial charge in [0.15, 0.2) is 5.78 Å². The van der Waals surface area contributed by atoms with Crippen LogP contribution in [0.4, 0.5) is 0 Å². The molecule has 2 aliphatic heterocycles. The molecule has 1 aromatic carbocycles. The van der Waals surface area contributed by atoms with Gasteiger partial charge in [0, 0.05) is 34.2 Å². The van der Waals surface area contributed by atoms with E-state index in [2.05, 4.69) is 17.5 Å². The van der Waals surface area contributed by atoms with E-state index in [1.54, 1.807) is 0 Å². The van der Waals surface area contributed by atoms with Gasteiger partial charge in [0.1, 0.15) is 0 Å². The van der Waals surface area contributed by atoms with Crippen LogP contribution < -0.4 is 5.32 Å². The molecule has 0 fully saturated rings. The van der Waals surface area contributed by atoms with E-state index in [9.17, 15) is 10.1 Å². The molecule has 1 unspecified atom stereocenters. The molecular weight excluding hydrogens is 304 g/mol. The maximum Gasteiger partial charge on any atom is 0.161 e. The first-order valence-corrected chi connectivity index (χ1v) is 9.15. The van der Waals surface area contributed by atoms with Crippen LogP contribution in [0.1, 0.15) is 49.1 Å². The van der Waals surface area contributed by atoms with Crippen LogP contribution in [-0.2, 0) is 4.79 Å². The summed E-state index contributed by atoms with van der Waals surface area (Å²) in [5.41, 5.74) is 5.10. The molecule has 0 radical (unpaired) electrons. The number of benzene rings is 1. The summed E-state index contributed by atoms with van der Waals surface area (Å²) in [6.45, 7) is 0. The quantitative estimate of drug-likeness (QED) is 0.849. The first kappa shape index (κ1) is 14.6. The molecule has 0 spiro atoms. The molecule has 1 aromatic rings. The van der Waals surface area contributed by atoms with E-state index in [1.165, 1.54) is 17.0 Å². The number of carbonyl (C=O) groups is 1. The molecule has 1 N–H and O–H groups in total. The van der Waals surface area contributed by atoms with Gasteiger partial charge >= 0.3 is 0 Å². The summed E-state index contributed by atoms with van der Waals surface area (Å²) in [7, 11) is 0. The van der Waals surface area contributed by atoms with E-state index in [1.807, 2.05) is 30.0 Å². The van der Waals surface area contributed by atoms with Gasteiger partial charge in [-0.2, -0.15) is 5.26 Å². The highest BCUT2D eigenvalue weighted by molar-refractivity contribution is 8.03. The van der Waals surface area contributed by atoms with Crippen molar-refractivity contribution in [2.45, 2.75) is 38.0 Å². The van der Waals surface area contributed by atoms with Gasteiger partial charge in [0.25, 0.3) is 0 Å². The molecule has 0 saturated heterocycles. The highest BCUT2D eigenvalue weighted by Gasteiger charge is 2.37. The second-order valence-electron chi connectivity index (χ2n) is 6.26. The number of thioether (sulfide) groups is 1. The molecular formula is C19H18N2OS. The molecule has 3 aliphatic rings. The SMILES string of the molecule is N#Cc1cccc(C2C3=C(CCCS3)NC3=C2C(=O)CCC3)c1. The second-order valence-corrected chi connectivity index (χ2v) is 7.40. The first-order chi connectivity index (χ1) is 11.3. The zero-order chi connectivity index (χ0) is 15.8. The average Bonchev–Trinajstić information content (AvgIpc) is 2.60. The van der Waals surface area contributed by atoms with Crippen LogP contribution >= 0.6 is 11.8 Å². The Morgan fingerprint density at radius 3 is 2.91 bits per heavy atom. The van der Waals surface area contributed by atoms with E-state index in [-0.39, 0.29) is 11.7 Å². The van der Waals surface area contributed by atoms with Gasteiger partial charge < -0.3 is 5.32 Å². The van der Waals surface area contributed by atoms with Crippen LogP contribution in [0.25, 0.3) is 0 Å². The summed E-state index contributed by atoms with van der Waals surface area (Å²) in [5, 5.41) is 12.8. The van der Waals surface area contributed by atoms with Crippen molar-refractivity contribution in [1.29, 1.82) is 5.26 Å². The maximum absolute atomic E-state index is 12.6. The van der Waals surface area contributed by atoms with Crippen LogP contribution in [0.15, 0.2) is 46.1 Å². The summed E-state index contributed by atoms with van der Waals surface area (Å²) < 4.78 is 0. The van der Waals surface area contributed by atoms with Gasteiger partial charge in [0.05, 0.1) is 11.6 Å². The Morgan fingerprint density at radius 2 is 2.04 bits per heavy atom. The number of carbonyl (C=O) groups excluding carboxylic acids is 1. The number of hydrogen-bond donors (Lipinski definition) is 1. The number of Topliss-reactive ketones (excluding diaryl/α,β-unsaturated/α-hetero) is 1. The highest BCUT2D eigenvalue weighted by Crippen LogP contribution is 2.48. The van der Waals surface area contributed by atoms with E-state index < -0.39 is 0 Å². The summed E-state index contributed by atoms with van der Waals surface area (Å²) in [5.74, 6) is 1.39. The fraction of sp³-hybridized carbons (Fsp3) is 0.368. The van der Waals surface area contributed by atoms with E-state index in [0.29, 0.717) is 12.0 Å². The van der Waals surface area contributed by atoms with Gasteiger partial charge in [0.2, 0.25) is 0 Å². The Balaban J connectivity index is 1.88. The molecule has 0 bridgehead atoms. The van der Waals surface area contributed by atoms with Crippen LogP contribution in [0, 0.1) is 11.3 Å². The number of allylic oxidation sites excluding steroid dienone is 4. The second kappa shape index (κ2) is 5.90. The minimum absolute atomic E-state index is 0.0210. The molecule has 4 rings (SSSR count). The molecule has 0 aromatic heterocycles. The molecule has 0 saturated carbocycles. The van der Waals surface area contributed by atoms with E-state index >= 15 is 0 Å². The summed E-state index contributed by atoms with van der Waals surface area (Å²) >= 11 is 1.87. The van der Waals surface area contributed by atoms with Crippen molar-refractivity contribution in [3.63, 3.8) is 0 Å². The van der Waals surface area contributed by atoms with Crippen LogP contribution in [0.5, 0.6) is 0 Å². The number of dihydropyridines is 1. The minimum Gasteiger partial charge on any atom is -0.361 e. The predicted octanol–water partition coefficient (Wildman–Crippen LogP) is 3.99. The van der Waals surface area contributed by atoms with E-state index in [0.717, 1.165) is 41.8 Å². The molecule has 0 amide bonds. The number of rotatable bonds is 1. The number of nitriles is 1. The molecule has 116 valence electrons. The zero-order valence-electron chi connectivity index (χ0n) is 12.9. The van der Waals surface area contributed by atoms with Crippen molar-refractivity contribution in [3.05, 3.63) is 57.3 Å². The average molecular weight is 322 g/mol. The first-order valence-electron chi connectivity index (χ1n) is 8.17. The minimum atomic E-state index is 0.0210. The molecule has 4 heteroatoms. The smallest absolute Gasteiger partial charge is 0.161 e. The van der Waals surface area contributed by atoms with Crippen molar-refractivity contribution in [1.82, 2.24) is 5.32 Å². The number of hydrogen-bond acceptors (Lipinski definition) is 4. The Kier molecular flexibility index (Phi) is 3.74. The van der Waals surface area contributed by atoms with Crippen molar-refractivity contribution in [2.75, 3.05) is 5.75 Å². The Bertz CT molecular complexity index is 785. The van der Waals surface area contributed by atoms with Gasteiger partial charge in [-0.1, -0.05) is 12.1 Å². The fourth-order valence-electron chi connectivity index (χ4n) is 3.77. The highest BCUT2D eigenvalue weighted by atomic mass is 32.2. The van der Waals surface area contributed by atoms with Crippen LogP contribution in [0.3, 0.4) is 0 Å². The molecule has 23 heavy (non-hydrogen) atoms. The number of ketones is 1. The van der Waals surface area contributed by atoms with Crippen molar-refractivity contribution in [3.8, 4) is 6.07 Å². The third-order valence-electron chi connectivity index (χ3n) is 4.78. The zero-order valence-corrected chi connectivity index (χ0v) is 13.7. The largest absolute Gasteiger partial charge is 0.361 e. The maximum atomic E-state index is 12.6. The molecule has 3 nitrogen and oxygen atoms in total. The van der Waals surface area contributed by atoms with Gasteiger partial charge in [-0.25, -0.2) is 0 Å². The summed E-state index contributed by atoms with van der Waals surface area (Å²) in [6, 6.07) is 9.98. The predicted molar refractivity (Wildman–Crippen MR) is 91.6 cm³/mol. The standard InChI is InChI=1S/C19H18N2OS/c20-11-12-4-1-5-13(10-12)17-18-14(6-2-8-16(18)22)21-15-7-3-9-23-19(15)17/h1,4-5,10,17,21H,2-3,6-9H2. The lowest BCUT2D eigenvalue weighted by molar-refractivity contribution is -0.116. The number of nitrogens with one attached hydrogen (secondary N) is 1. The van der Waals surface area contributed by atoms with Crippen LogP contribution in [0.2, 0.25) is 0 Å². The molecule has 1 aliphatic carbocycles. The van der Waals surface area contributed by atoms with Gasteiger partial charge in [-0.3, -0.25) is 4.79 Å². The number of nitrogens with zero attached hydrogens (tertiary/aromatic N) is 1. The lowest BCUT2D eigenvalue weighted by Crippen LogP contribution is -2.32. The van der Waals surface area contributed by atoms with E-state index in [4.69, 9.17) is 0 Å². The Labute approximate surface area is 140 Å². The lowest BCUT2D eigenvalue weighted by atomic mass is 9.78. The monoisotopic (exact) mass is 322 g/mol. The van der Waals surface area contributed by atoms with Crippen molar-refractivity contribution >= 4 is 17.5 Å². The Morgan fingerprint density at radius 1 is 1.17 bits per heavy atom. The molecule has 2 heterocycles. The third kappa shape index (κ3) is 2.49. The Hall–Kier alpha value is -1.99. The van der Waals surface area contributed by atoms with Crippen molar-refractivity contribution in [2.24, 2.45) is 0 Å². The lowest BCUT2D eigenvalue weighted by Gasteiger charge is -2.37. The third-order valence-corrected chi connectivity index (χ3v) is 6.07. The van der Waals surface area contributed by atoms with Gasteiger partial charge in [-0.05, 0) is 49.1 Å². The van der Waals surface area contributed by atoms with Crippen LogP contribution in [-0.4, -0.2) is 11.5 Å². The topological polar surface area (TPSA) is 52.9 Å². The fourth-order valence-corrected chi connectivity index (χ4v) is 5.03. The summed E-state index contributed by atoms with van der Waals surface area (Å²) in [6.07, 6.45) is 4.77.